The summed E-state index contributed by atoms with van der Waals surface area (Å²) in [7, 11) is 1.77. The molecule has 1 heterocycles. The van der Waals surface area contributed by atoms with E-state index in [0.29, 0.717) is 5.06 Å². The predicted octanol–water partition coefficient (Wildman–Crippen LogP) is 1.08. The highest BCUT2D eigenvalue weighted by Gasteiger charge is 2.38. The average molecular weight is 276 g/mol. The fourth-order valence-corrected chi connectivity index (χ4v) is 2.06. The van der Waals surface area contributed by atoms with Crippen LogP contribution in [0.4, 0.5) is 0 Å². The molecule has 0 unspecified atom stereocenters. The second kappa shape index (κ2) is 5.83. The molecule has 1 aliphatic rings. The summed E-state index contributed by atoms with van der Waals surface area (Å²) in [5, 5.41) is 0.535. The van der Waals surface area contributed by atoms with Crippen LogP contribution in [0.5, 0.6) is 0 Å². The molecule has 0 spiro atoms. The van der Waals surface area contributed by atoms with Gasteiger partial charge in [0.15, 0.2) is 0 Å². The molecule has 2 amide bonds. The molecule has 0 radical (unpaired) electrons. The largest absolute Gasteiger partial charge is 0.347 e. The molecule has 0 aliphatic carbocycles. The van der Waals surface area contributed by atoms with E-state index in [1.807, 2.05) is 6.92 Å². The van der Waals surface area contributed by atoms with Crippen LogP contribution in [0.1, 0.15) is 34.1 Å². The van der Waals surface area contributed by atoms with E-state index in [-0.39, 0.29) is 17.7 Å². The minimum Gasteiger partial charge on any atom is -0.328 e. The Balaban J connectivity index is 2.04. The van der Waals surface area contributed by atoms with Gasteiger partial charge in [0.25, 0.3) is 11.8 Å². The number of likely N-dealkylation sites (N-methyl/N-ethyl adjacent to an activating group) is 1. The minimum absolute atomic E-state index is 0.0290. The average Bonchev–Trinajstić information content (AvgIpc) is 2.65. The molecule has 0 N–H and O–H groups in total. The van der Waals surface area contributed by atoms with Crippen LogP contribution < -0.4 is 0 Å². The third-order valence-electron chi connectivity index (χ3n) is 2.95. The van der Waals surface area contributed by atoms with Crippen molar-refractivity contribution in [2.45, 2.75) is 13.3 Å². The maximum atomic E-state index is 12.0. The first-order valence-corrected chi connectivity index (χ1v) is 6.41. The second-order valence-corrected chi connectivity index (χ2v) is 4.65. The van der Waals surface area contributed by atoms with Crippen molar-refractivity contribution in [3.05, 3.63) is 35.4 Å². The molecule has 6 nitrogen and oxygen atoms in total. The van der Waals surface area contributed by atoms with Gasteiger partial charge in [0, 0.05) is 0 Å². The van der Waals surface area contributed by atoms with Crippen LogP contribution in [0.3, 0.4) is 0 Å². The first-order valence-electron chi connectivity index (χ1n) is 6.41. The monoisotopic (exact) mass is 276 g/mol. The minimum atomic E-state index is -0.629. The third-order valence-corrected chi connectivity index (χ3v) is 2.95. The first-order chi connectivity index (χ1) is 9.54. The molecule has 20 heavy (non-hydrogen) atoms. The van der Waals surface area contributed by atoms with Crippen molar-refractivity contribution in [2.24, 2.45) is 0 Å². The molecule has 0 saturated carbocycles. The SMILES string of the molecule is CCCN(C)CC(=O)ON1C(=O)c2ccccc2C1=O. The molecule has 106 valence electrons. The molecule has 2 rings (SSSR count). The van der Waals surface area contributed by atoms with Crippen molar-refractivity contribution < 1.29 is 19.2 Å². The van der Waals surface area contributed by atoms with Gasteiger partial charge < -0.3 is 4.84 Å². The molecule has 0 atom stereocenters. The first kappa shape index (κ1) is 14.2. The Bertz CT molecular complexity index is 521. The van der Waals surface area contributed by atoms with Crippen LogP contribution in [-0.4, -0.2) is 47.9 Å². The maximum Gasteiger partial charge on any atom is 0.347 e. The number of hydrogen-bond donors (Lipinski definition) is 0. The van der Waals surface area contributed by atoms with Gasteiger partial charge in [-0.3, -0.25) is 14.5 Å². The van der Waals surface area contributed by atoms with Gasteiger partial charge >= 0.3 is 5.97 Å². The molecule has 6 heteroatoms. The maximum absolute atomic E-state index is 12.0. The van der Waals surface area contributed by atoms with E-state index >= 15 is 0 Å². The van der Waals surface area contributed by atoms with Gasteiger partial charge in [0.2, 0.25) is 0 Å². The Morgan fingerprint density at radius 2 is 1.75 bits per heavy atom. The molecule has 0 fully saturated rings. The summed E-state index contributed by atoms with van der Waals surface area (Å²) in [5.74, 6) is -1.83. The van der Waals surface area contributed by atoms with Crippen LogP contribution in [0.15, 0.2) is 24.3 Å². The van der Waals surface area contributed by atoms with E-state index in [1.54, 1.807) is 24.1 Å². The summed E-state index contributed by atoms with van der Waals surface area (Å²) in [4.78, 5) is 42.3. The van der Waals surface area contributed by atoms with E-state index in [0.717, 1.165) is 13.0 Å². The summed E-state index contributed by atoms with van der Waals surface area (Å²) in [6, 6.07) is 6.38. The van der Waals surface area contributed by atoms with E-state index in [1.165, 1.54) is 12.1 Å². The van der Waals surface area contributed by atoms with Crippen molar-refractivity contribution in [3.63, 3.8) is 0 Å². The van der Waals surface area contributed by atoms with Crippen molar-refractivity contribution >= 4 is 17.8 Å². The van der Waals surface area contributed by atoms with Crippen LogP contribution in [0.2, 0.25) is 0 Å². The number of nitrogens with zero attached hydrogens (tertiary/aromatic N) is 2. The lowest BCUT2D eigenvalue weighted by Gasteiger charge is -2.17. The summed E-state index contributed by atoms with van der Waals surface area (Å²) in [6.45, 7) is 2.75. The smallest absolute Gasteiger partial charge is 0.328 e. The van der Waals surface area contributed by atoms with Crippen LogP contribution in [-0.2, 0) is 9.63 Å². The zero-order valence-electron chi connectivity index (χ0n) is 11.5. The van der Waals surface area contributed by atoms with Gasteiger partial charge in [-0.2, -0.15) is 0 Å². The van der Waals surface area contributed by atoms with Crippen LogP contribution in [0, 0.1) is 0 Å². The Labute approximate surface area is 116 Å². The standard InChI is InChI=1S/C14H16N2O4/c1-3-8-15(2)9-12(17)20-16-13(18)10-6-4-5-7-11(10)14(16)19/h4-7H,3,8-9H2,1-2H3. The topological polar surface area (TPSA) is 66.9 Å². The van der Waals surface area contributed by atoms with Gasteiger partial charge in [-0.15, -0.1) is 0 Å². The lowest BCUT2D eigenvalue weighted by Crippen LogP contribution is -2.37. The third kappa shape index (κ3) is 2.70. The van der Waals surface area contributed by atoms with E-state index < -0.39 is 17.8 Å². The molecule has 0 saturated heterocycles. The molecular weight excluding hydrogens is 260 g/mol. The zero-order valence-corrected chi connectivity index (χ0v) is 11.5. The normalized spacial score (nSPS) is 13.8. The number of amides is 2. The molecular formula is C14H16N2O4. The Hall–Kier alpha value is -2.21. The second-order valence-electron chi connectivity index (χ2n) is 4.65. The number of rotatable bonds is 5. The molecule has 1 aromatic carbocycles. The number of hydroxylamine groups is 2. The Morgan fingerprint density at radius 3 is 2.25 bits per heavy atom. The van der Waals surface area contributed by atoms with Gasteiger partial charge in [-0.05, 0) is 32.1 Å². The number of carbonyl (C=O) groups excluding carboxylic acids is 3. The van der Waals surface area contributed by atoms with Crippen LogP contribution >= 0.6 is 0 Å². The van der Waals surface area contributed by atoms with Gasteiger partial charge in [-0.1, -0.05) is 24.1 Å². The highest BCUT2D eigenvalue weighted by atomic mass is 16.7. The number of benzene rings is 1. The summed E-state index contributed by atoms with van der Waals surface area (Å²) in [5.41, 5.74) is 0.513. The lowest BCUT2D eigenvalue weighted by atomic mass is 10.1. The van der Waals surface area contributed by atoms with Gasteiger partial charge in [0.1, 0.15) is 0 Å². The highest BCUT2D eigenvalue weighted by molar-refractivity contribution is 6.20. The summed E-state index contributed by atoms with van der Waals surface area (Å²) in [6.07, 6.45) is 0.900. The number of imide groups is 1. The summed E-state index contributed by atoms with van der Waals surface area (Å²) >= 11 is 0. The Morgan fingerprint density at radius 1 is 1.20 bits per heavy atom. The lowest BCUT2D eigenvalue weighted by molar-refractivity contribution is -0.169. The molecule has 0 aromatic heterocycles. The number of fused-ring (bicyclic) bond motifs is 1. The van der Waals surface area contributed by atoms with E-state index in [4.69, 9.17) is 4.84 Å². The molecule has 0 bridgehead atoms. The fraction of sp³-hybridized carbons (Fsp3) is 0.357. The number of carbonyl (C=O) groups is 3. The molecule has 1 aromatic rings. The predicted molar refractivity (Wildman–Crippen MR) is 70.8 cm³/mol. The highest BCUT2D eigenvalue weighted by Crippen LogP contribution is 2.22. The van der Waals surface area contributed by atoms with Crippen molar-refractivity contribution in [3.8, 4) is 0 Å². The number of hydrogen-bond acceptors (Lipinski definition) is 5. The van der Waals surface area contributed by atoms with Crippen molar-refractivity contribution in [1.82, 2.24) is 9.96 Å². The van der Waals surface area contributed by atoms with E-state index in [2.05, 4.69) is 0 Å². The quantitative estimate of drug-likeness (QED) is 0.753. The van der Waals surface area contributed by atoms with Gasteiger partial charge in [0.05, 0.1) is 17.7 Å². The Kier molecular flexibility index (Phi) is 4.14. The van der Waals surface area contributed by atoms with Crippen molar-refractivity contribution in [2.75, 3.05) is 20.1 Å². The fourth-order valence-electron chi connectivity index (χ4n) is 2.06. The van der Waals surface area contributed by atoms with Gasteiger partial charge in [-0.25, -0.2) is 4.79 Å². The van der Waals surface area contributed by atoms with E-state index in [9.17, 15) is 14.4 Å². The zero-order chi connectivity index (χ0) is 14.7. The van der Waals surface area contributed by atoms with Crippen LogP contribution in [0.25, 0.3) is 0 Å². The molecule has 1 aliphatic heterocycles. The summed E-state index contributed by atoms with van der Waals surface area (Å²) < 4.78 is 0. The van der Waals surface area contributed by atoms with Crippen molar-refractivity contribution in [1.29, 1.82) is 0 Å².